The van der Waals surface area contributed by atoms with Crippen LogP contribution < -0.4 is 9.30 Å². The van der Waals surface area contributed by atoms with Gasteiger partial charge < -0.3 is 4.74 Å². The first-order valence-corrected chi connectivity index (χ1v) is 6.86. The lowest BCUT2D eigenvalue weighted by molar-refractivity contribution is -0.700. The highest BCUT2D eigenvalue weighted by molar-refractivity contribution is 7.80. The van der Waals surface area contributed by atoms with E-state index in [2.05, 4.69) is 11.5 Å². The fourth-order valence-corrected chi connectivity index (χ4v) is 3.02. The van der Waals surface area contributed by atoms with Crippen molar-refractivity contribution in [2.45, 2.75) is 17.9 Å². The molecule has 2 atom stereocenters. The van der Waals surface area contributed by atoms with Crippen molar-refractivity contribution in [2.24, 2.45) is 0 Å². The lowest BCUT2D eigenvalue weighted by Gasteiger charge is -2.18. The van der Waals surface area contributed by atoms with Gasteiger partial charge in [0.25, 0.3) is 5.52 Å². The minimum atomic E-state index is -1.44. The van der Waals surface area contributed by atoms with Gasteiger partial charge in [0.05, 0.1) is 17.4 Å². The molecule has 5 heteroatoms. The molecule has 0 N–H and O–H groups in total. The van der Waals surface area contributed by atoms with E-state index in [-0.39, 0.29) is 6.04 Å². The van der Waals surface area contributed by atoms with Crippen molar-refractivity contribution in [3.8, 4) is 5.75 Å². The third-order valence-corrected chi connectivity index (χ3v) is 4.21. The largest absolute Gasteiger partial charge is 0.480 e. The Hall–Kier alpha value is -1.46. The van der Waals surface area contributed by atoms with E-state index in [1.807, 2.05) is 24.4 Å². The van der Waals surface area contributed by atoms with Crippen molar-refractivity contribution >= 4 is 22.0 Å². The predicted octanol–water partition coefficient (Wildman–Crippen LogP) is 1.75. The molecule has 4 nitrogen and oxygen atoms in total. The normalized spacial score (nSPS) is 19.6. The van der Waals surface area contributed by atoms with Crippen LogP contribution in [0.15, 0.2) is 35.4 Å². The van der Waals surface area contributed by atoms with E-state index in [1.165, 1.54) is 7.11 Å². The first-order chi connectivity index (χ1) is 8.72. The van der Waals surface area contributed by atoms with E-state index in [9.17, 15) is 4.21 Å². The topological polar surface area (TPSA) is 39.4 Å². The van der Waals surface area contributed by atoms with E-state index in [4.69, 9.17) is 8.92 Å². The van der Waals surface area contributed by atoms with Crippen molar-refractivity contribution in [3.05, 3.63) is 30.5 Å². The minimum Gasteiger partial charge on any atom is -0.480 e. The molecule has 0 bridgehead atoms. The fraction of sp³-hybridized carbons (Fsp3) is 0.308. The summed E-state index contributed by atoms with van der Waals surface area (Å²) in [7, 11) is 1.44. The molecule has 0 aliphatic carbocycles. The van der Waals surface area contributed by atoms with E-state index in [0.717, 1.165) is 16.7 Å². The molecule has 1 aromatic carbocycles. The highest BCUT2D eigenvalue weighted by atomic mass is 32.2. The van der Waals surface area contributed by atoms with E-state index in [0.29, 0.717) is 11.5 Å². The number of nitrogens with zero attached hydrogens (tertiary/aromatic N) is 1. The van der Waals surface area contributed by atoms with Gasteiger partial charge in [-0.3, -0.25) is 4.18 Å². The van der Waals surface area contributed by atoms with E-state index in [1.54, 1.807) is 6.07 Å². The number of hydrogen-bond acceptors (Lipinski definition) is 3. The third-order valence-electron chi connectivity index (χ3n) is 3.19. The number of aromatic nitrogens is 1. The lowest BCUT2D eigenvalue weighted by Crippen LogP contribution is -2.44. The van der Waals surface area contributed by atoms with Crippen molar-refractivity contribution in [1.82, 2.24) is 0 Å². The molecule has 1 aliphatic heterocycles. The van der Waals surface area contributed by atoms with Crippen LogP contribution in [0.5, 0.6) is 5.75 Å². The Morgan fingerprint density at radius 1 is 1.44 bits per heavy atom. The zero-order valence-corrected chi connectivity index (χ0v) is 11.1. The van der Waals surface area contributed by atoms with Crippen LogP contribution in [0.4, 0.5) is 0 Å². The van der Waals surface area contributed by atoms with Gasteiger partial charge in [0.2, 0.25) is 0 Å². The first kappa shape index (κ1) is 11.6. The van der Waals surface area contributed by atoms with Gasteiger partial charge in [0.15, 0.2) is 29.1 Å². The molecule has 2 heterocycles. The van der Waals surface area contributed by atoms with Crippen molar-refractivity contribution in [3.63, 3.8) is 0 Å². The fourth-order valence-electron chi connectivity index (χ4n) is 2.31. The second-order valence-electron chi connectivity index (χ2n) is 4.30. The molecule has 2 unspecified atom stereocenters. The summed E-state index contributed by atoms with van der Waals surface area (Å²) < 4.78 is 24.7. The van der Waals surface area contributed by atoms with Crippen LogP contribution in [0.3, 0.4) is 0 Å². The van der Waals surface area contributed by atoms with E-state index < -0.39 is 11.1 Å². The minimum absolute atomic E-state index is 0.271. The van der Waals surface area contributed by atoms with Crippen molar-refractivity contribution in [1.29, 1.82) is 0 Å². The summed E-state index contributed by atoms with van der Waals surface area (Å²) >= 11 is -1.44. The Morgan fingerprint density at radius 2 is 2.28 bits per heavy atom. The third kappa shape index (κ3) is 1.62. The van der Waals surface area contributed by atoms with Gasteiger partial charge in [-0.15, -0.1) is 0 Å². The van der Waals surface area contributed by atoms with Gasteiger partial charge in [-0.1, -0.05) is 0 Å². The summed E-state index contributed by atoms with van der Waals surface area (Å²) in [5, 5.41) is 0.918. The number of benzene rings is 1. The summed E-state index contributed by atoms with van der Waals surface area (Å²) in [5.41, 5.74) is 0.985. The highest BCUT2D eigenvalue weighted by Crippen LogP contribution is 2.31. The first-order valence-electron chi connectivity index (χ1n) is 5.78. The molecule has 0 saturated heterocycles. The van der Waals surface area contributed by atoms with E-state index >= 15 is 0 Å². The average molecular weight is 264 g/mol. The average Bonchev–Trinajstić information content (AvgIpc) is 2.42. The van der Waals surface area contributed by atoms with Gasteiger partial charge >= 0.3 is 0 Å². The second kappa shape index (κ2) is 4.33. The molecule has 0 radical (unpaired) electrons. The molecule has 3 rings (SSSR count). The smallest absolute Gasteiger partial charge is 0.256 e. The molecule has 2 aromatic rings. The van der Waals surface area contributed by atoms with Crippen molar-refractivity contribution in [2.75, 3.05) is 13.7 Å². The molecule has 0 spiro atoms. The van der Waals surface area contributed by atoms with Crippen LogP contribution in [0.2, 0.25) is 0 Å². The lowest BCUT2D eigenvalue weighted by atomic mass is 10.1. The number of pyridine rings is 1. The van der Waals surface area contributed by atoms with Crippen LogP contribution in [0.1, 0.15) is 13.0 Å². The maximum Gasteiger partial charge on any atom is 0.256 e. The zero-order valence-electron chi connectivity index (χ0n) is 10.3. The van der Waals surface area contributed by atoms with Gasteiger partial charge in [-0.25, -0.2) is 4.21 Å². The Bertz CT molecular complexity index is 641. The monoisotopic (exact) mass is 264 g/mol. The van der Waals surface area contributed by atoms with Crippen LogP contribution in [0, 0.1) is 0 Å². The summed E-state index contributed by atoms with van der Waals surface area (Å²) in [4.78, 5) is 0.684. The van der Waals surface area contributed by atoms with Gasteiger partial charge in [0.1, 0.15) is 6.61 Å². The quantitative estimate of drug-likeness (QED) is 0.776. The van der Waals surface area contributed by atoms with Gasteiger partial charge in [-0.05, 0) is 18.2 Å². The number of hydrogen-bond donors (Lipinski definition) is 0. The molecule has 0 amide bonds. The Morgan fingerprint density at radius 3 is 3.06 bits per heavy atom. The molecular formula is C13H14NO3S+. The molecule has 0 fully saturated rings. The highest BCUT2D eigenvalue weighted by Gasteiger charge is 2.28. The molecule has 1 aromatic heterocycles. The Balaban J connectivity index is 2.36. The van der Waals surface area contributed by atoms with Gasteiger partial charge in [0, 0.05) is 13.0 Å². The maximum absolute atomic E-state index is 11.9. The summed E-state index contributed by atoms with van der Waals surface area (Å²) in [6.07, 6.45) is 2.03. The Kier molecular flexibility index (Phi) is 2.80. The second-order valence-corrected chi connectivity index (χ2v) is 5.54. The maximum atomic E-state index is 11.9. The number of ether oxygens (including phenoxy) is 1. The molecule has 0 saturated carbocycles. The van der Waals surface area contributed by atoms with Crippen LogP contribution in [0.25, 0.3) is 10.9 Å². The zero-order chi connectivity index (χ0) is 12.7. The molecular weight excluding hydrogens is 250 g/mol. The van der Waals surface area contributed by atoms with Crippen LogP contribution >= 0.6 is 0 Å². The molecule has 94 valence electrons. The SMILES string of the molecule is COS(=O)c1ccc2c3c1ccc[n+]3C(C)CO2. The summed E-state index contributed by atoms with van der Waals surface area (Å²) in [6, 6.07) is 7.84. The molecule has 18 heavy (non-hydrogen) atoms. The van der Waals surface area contributed by atoms with Crippen LogP contribution in [-0.2, 0) is 15.3 Å². The Labute approximate surface area is 108 Å². The van der Waals surface area contributed by atoms with Crippen LogP contribution in [-0.4, -0.2) is 17.9 Å². The predicted molar refractivity (Wildman–Crippen MR) is 67.8 cm³/mol. The standard InChI is InChI=1S/C13H14NO3S/c1-9-8-17-11-5-6-12(18(15)16-2)10-4-3-7-14(9)13(10)11/h3-7,9H,8H2,1-2H3/q+1. The summed E-state index contributed by atoms with van der Waals surface area (Å²) in [5.74, 6) is 0.834. The summed E-state index contributed by atoms with van der Waals surface area (Å²) in [6.45, 7) is 2.76. The van der Waals surface area contributed by atoms with Gasteiger partial charge in [-0.2, -0.15) is 4.57 Å². The molecule has 1 aliphatic rings. The number of rotatable bonds is 2. The van der Waals surface area contributed by atoms with Crippen molar-refractivity contribution < 1.29 is 17.7 Å².